The van der Waals surface area contributed by atoms with E-state index in [4.69, 9.17) is 0 Å². The Morgan fingerprint density at radius 3 is 2.80 bits per heavy atom. The number of para-hydroxylation sites is 1. The quantitative estimate of drug-likeness (QED) is 0.472. The molecule has 1 N–H and O–H groups in total. The van der Waals surface area contributed by atoms with E-state index in [-0.39, 0.29) is 11.7 Å². The number of benzene rings is 1. The van der Waals surface area contributed by atoms with Crippen LogP contribution in [0.1, 0.15) is 52.1 Å². The van der Waals surface area contributed by atoms with Gasteiger partial charge in [0.25, 0.3) is 5.91 Å². The molecule has 1 aromatic carbocycles. The molecule has 0 bridgehead atoms. The first-order valence-electron chi connectivity index (χ1n) is 8.28. The molecule has 0 fully saturated rings. The van der Waals surface area contributed by atoms with E-state index in [1.807, 2.05) is 24.3 Å². The molecule has 0 aliphatic carbocycles. The fourth-order valence-electron chi connectivity index (χ4n) is 2.55. The van der Waals surface area contributed by atoms with Crippen molar-refractivity contribution in [2.75, 3.05) is 0 Å². The van der Waals surface area contributed by atoms with Crippen molar-refractivity contribution in [2.24, 2.45) is 0 Å². The largest absolute Gasteiger partial charge is 0.341 e. The molecule has 0 saturated carbocycles. The van der Waals surface area contributed by atoms with Gasteiger partial charge in [-0.1, -0.05) is 38.3 Å². The molecule has 5 nitrogen and oxygen atoms in total. The minimum Gasteiger partial charge on any atom is -0.341 e. The lowest BCUT2D eigenvalue weighted by Gasteiger charge is -2.15. The Balaban J connectivity index is 1.79. The minimum atomic E-state index is -0.554. The van der Waals surface area contributed by atoms with E-state index in [0.717, 1.165) is 29.5 Å². The number of carbonyl (C=O) groups is 2. The summed E-state index contributed by atoms with van der Waals surface area (Å²) in [5.41, 5.74) is 2.42. The number of rotatable bonds is 8. The number of ketones is 1. The van der Waals surface area contributed by atoms with Crippen LogP contribution in [0.3, 0.4) is 0 Å². The van der Waals surface area contributed by atoms with Gasteiger partial charge in [0.15, 0.2) is 5.01 Å². The van der Waals surface area contributed by atoms with Crippen LogP contribution in [-0.4, -0.2) is 27.7 Å². The van der Waals surface area contributed by atoms with Crippen LogP contribution in [0.2, 0.25) is 0 Å². The zero-order valence-electron chi connectivity index (χ0n) is 13.9. The lowest BCUT2D eigenvalue weighted by molar-refractivity contribution is 0.0853. The van der Waals surface area contributed by atoms with E-state index in [2.05, 4.69) is 22.2 Å². The summed E-state index contributed by atoms with van der Waals surface area (Å²) in [5, 5.41) is 3.32. The summed E-state index contributed by atoms with van der Waals surface area (Å²) in [4.78, 5) is 34.2. The molecule has 2 aromatic heterocycles. The minimum absolute atomic E-state index is 0.116. The van der Waals surface area contributed by atoms with Gasteiger partial charge in [-0.2, -0.15) is 0 Å². The molecule has 0 aliphatic heterocycles. The summed E-state index contributed by atoms with van der Waals surface area (Å²) in [5.74, 6) is -0.367. The first-order valence-corrected chi connectivity index (χ1v) is 9.97. The summed E-state index contributed by atoms with van der Waals surface area (Å²) in [6.07, 6.45) is 5.12. The number of fused-ring (bicyclic) bond motifs is 1. The van der Waals surface area contributed by atoms with Crippen molar-refractivity contribution in [1.82, 2.24) is 15.3 Å². The Hall–Kier alpha value is -2.12. The Kier molecular flexibility index (Phi) is 5.88. The number of unbranched alkanes of at least 4 members (excludes halogenated alkanes) is 2. The molecule has 1 unspecified atom stereocenters. The average molecular weight is 374 g/mol. The number of thiazole rings is 2. The smallest absolute Gasteiger partial charge is 0.263 e. The molecule has 7 heteroatoms. The van der Waals surface area contributed by atoms with Gasteiger partial charge < -0.3 is 5.32 Å². The summed E-state index contributed by atoms with van der Waals surface area (Å²) in [6, 6.07) is 7.12. The van der Waals surface area contributed by atoms with Crippen LogP contribution in [0, 0.1) is 0 Å². The molecule has 25 heavy (non-hydrogen) atoms. The second kappa shape index (κ2) is 8.31. The van der Waals surface area contributed by atoms with Crippen LogP contribution >= 0.6 is 22.7 Å². The first kappa shape index (κ1) is 17.7. The molecule has 3 aromatic rings. The topological polar surface area (TPSA) is 72.0 Å². The predicted octanol–water partition coefficient (Wildman–Crippen LogP) is 4.31. The second-order valence-electron chi connectivity index (χ2n) is 5.74. The molecular weight excluding hydrogens is 354 g/mol. The predicted molar refractivity (Wildman–Crippen MR) is 101 cm³/mol. The number of nitrogens with one attached hydrogen (secondary N) is 1. The van der Waals surface area contributed by atoms with Gasteiger partial charge in [0.05, 0.1) is 28.0 Å². The highest BCUT2D eigenvalue weighted by atomic mass is 32.1. The number of amides is 1. The fourth-order valence-corrected chi connectivity index (χ4v) is 4.03. The molecule has 0 spiro atoms. The van der Waals surface area contributed by atoms with Crippen molar-refractivity contribution in [3.8, 4) is 0 Å². The SMILES string of the molecule is CCCCCC(NC(=O)c1cncs1)C(=O)c1nc2ccccc2s1. The molecule has 2 heterocycles. The van der Waals surface area contributed by atoms with Crippen LogP contribution < -0.4 is 5.32 Å². The van der Waals surface area contributed by atoms with Crippen molar-refractivity contribution in [2.45, 2.75) is 38.6 Å². The standard InChI is InChI=1S/C18H19N3O2S2/c1-2-3-4-8-13(20-17(23)15-10-19-11-24-15)16(22)18-21-12-7-5-6-9-14(12)25-18/h5-7,9-11,13H,2-4,8H2,1H3,(H,20,23). The number of Topliss-reactive ketones (excluding diaryl/α,β-unsaturated/α-hetero) is 1. The maximum atomic E-state index is 12.9. The van der Waals surface area contributed by atoms with Crippen LogP contribution in [0.25, 0.3) is 10.2 Å². The van der Waals surface area contributed by atoms with Gasteiger partial charge in [-0.25, -0.2) is 4.98 Å². The number of nitrogens with zero attached hydrogens (tertiary/aromatic N) is 2. The lowest BCUT2D eigenvalue weighted by atomic mass is 10.0. The van der Waals surface area contributed by atoms with E-state index in [9.17, 15) is 9.59 Å². The first-order chi connectivity index (χ1) is 12.2. The second-order valence-corrected chi connectivity index (χ2v) is 7.66. The van der Waals surface area contributed by atoms with Crippen molar-refractivity contribution in [3.63, 3.8) is 0 Å². The van der Waals surface area contributed by atoms with E-state index in [1.165, 1.54) is 28.9 Å². The summed E-state index contributed by atoms with van der Waals surface area (Å²) < 4.78 is 0.979. The zero-order valence-corrected chi connectivity index (χ0v) is 15.5. The van der Waals surface area contributed by atoms with Gasteiger partial charge in [-0.05, 0) is 18.6 Å². The number of aromatic nitrogens is 2. The summed E-state index contributed by atoms with van der Waals surface area (Å²) in [7, 11) is 0. The van der Waals surface area contributed by atoms with Crippen molar-refractivity contribution < 1.29 is 9.59 Å². The van der Waals surface area contributed by atoms with Crippen LogP contribution in [0.4, 0.5) is 0 Å². The van der Waals surface area contributed by atoms with Crippen LogP contribution in [-0.2, 0) is 0 Å². The van der Waals surface area contributed by atoms with Gasteiger partial charge in [0.1, 0.15) is 4.88 Å². The molecular formula is C18H19N3O2S2. The van der Waals surface area contributed by atoms with Gasteiger partial charge >= 0.3 is 0 Å². The summed E-state index contributed by atoms with van der Waals surface area (Å²) >= 11 is 2.64. The molecule has 1 amide bonds. The Morgan fingerprint density at radius 1 is 1.24 bits per heavy atom. The highest BCUT2D eigenvalue weighted by molar-refractivity contribution is 7.20. The Bertz CT molecular complexity index is 825. The Labute approximate surface area is 154 Å². The van der Waals surface area contributed by atoms with Gasteiger partial charge in [0.2, 0.25) is 5.78 Å². The number of carbonyl (C=O) groups excluding carboxylic acids is 2. The van der Waals surface area contributed by atoms with Crippen molar-refractivity contribution in [3.05, 3.63) is 45.9 Å². The fraction of sp³-hybridized carbons (Fsp3) is 0.333. The molecule has 130 valence electrons. The van der Waals surface area contributed by atoms with Crippen LogP contribution in [0.5, 0.6) is 0 Å². The molecule has 0 saturated heterocycles. The highest BCUT2D eigenvalue weighted by Crippen LogP contribution is 2.23. The third kappa shape index (κ3) is 4.29. The zero-order chi connectivity index (χ0) is 17.6. The van der Waals surface area contributed by atoms with Gasteiger partial charge in [-0.3, -0.25) is 14.6 Å². The van der Waals surface area contributed by atoms with E-state index in [1.54, 1.807) is 5.51 Å². The number of hydrogen-bond acceptors (Lipinski definition) is 6. The van der Waals surface area contributed by atoms with Crippen molar-refractivity contribution in [1.29, 1.82) is 0 Å². The maximum absolute atomic E-state index is 12.9. The molecule has 3 rings (SSSR count). The average Bonchev–Trinajstić information content (AvgIpc) is 3.29. The lowest BCUT2D eigenvalue weighted by Crippen LogP contribution is -2.40. The highest BCUT2D eigenvalue weighted by Gasteiger charge is 2.25. The molecule has 0 radical (unpaired) electrons. The molecule has 0 aliphatic rings. The molecule has 1 atom stereocenters. The van der Waals surface area contributed by atoms with Gasteiger partial charge in [-0.15, -0.1) is 22.7 Å². The summed E-state index contributed by atoms with van der Waals surface area (Å²) in [6.45, 7) is 2.11. The van der Waals surface area contributed by atoms with E-state index >= 15 is 0 Å². The third-order valence-electron chi connectivity index (χ3n) is 3.88. The maximum Gasteiger partial charge on any atom is 0.263 e. The monoisotopic (exact) mass is 373 g/mol. The third-order valence-corrected chi connectivity index (χ3v) is 5.70. The number of hydrogen-bond donors (Lipinski definition) is 1. The Morgan fingerprint density at radius 2 is 2.08 bits per heavy atom. The van der Waals surface area contributed by atoms with Gasteiger partial charge in [0, 0.05) is 0 Å². The van der Waals surface area contributed by atoms with Crippen LogP contribution in [0.15, 0.2) is 36.0 Å². The normalized spacial score (nSPS) is 12.2. The van der Waals surface area contributed by atoms with E-state index < -0.39 is 6.04 Å². The van der Waals surface area contributed by atoms with E-state index in [0.29, 0.717) is 16.3 Å². The van der Waals surface area contributed by atoms with Crippen molar-refractivity contribution >= 4 is 44.6 Å².